The Hall–Kier alpha value is -2.76. The number of carbonyl (C=O) groups is 2. The Morgan fingerprint density at radius 3 is 1.83 bits per heavy atom. The average Bonchev–Trinajstić information content (AvgIpc) is 3.47. The Bertz CT molecular complexity index is 1590. The number of hydrogen-bond acceptors (Lipinski definition) is 15. The second-order valence-corrected chi connectivity index (χ2v) is 17.9. The summed E-state index contributed by atoms with van der Waals surface area (Å²) in [5, 5.41) is 20.8. The largest absolute Gasteiger partial charge is 0.481 e. The van der Waals surface area contributed by atoms with Gasteiger partial charge in [0, 0.05) is 19.0 Å². The Morgan fingerprint density at radius 2 is 1.30 bits per heavy atom. The van der Waals surface area contributed by atoms with Gasteiger partial charge in [-0.15, -0.1) is 0 Å². The number of carbonyl (C=O) groups excluding carboxylic acids is 2. The number of nitrogens with zero attached hydrogens (tertiary/aromatic N) is 2. The number of esters is 2. The van der Waals surface area contributed by atoms with Gasteiger partial charge in [-0.3, -0.25) is 23.2 Å². The number of phosphoric ester groups is 2. The molecule has 0 amide bonds. The molecule has 20 heteroatoms. The molecule has 0 saturated carbocycles. The van der Waals surface area contributed by atoms with Gasteiger partial charge >= 0.3 is 33.3 Å². The van der Waals surface area contributed by atoms with Gasteiger partial charge < -0.3 is 39.9 Å². The molecule has 60 heavy (non-hydrogen) atoms. The van der Waals surface area contributed by atoms with Crippen molar-refractivity contribution in [3.63, 3.8) is 0 Å². The lowest BCUT2D eigenvalue weighted by Gasteiger charge is -2.21. The summed E-state index contributed by atoms with van der Waals surface area (Å²) < 4.78 is 56.4. The van der Waals surface area contributed by atoms with Crippen LogP contribution in [0.1, 0.15) is 148 Å². The third-order valence-corrected chi connectivity index (χ3v) is 12.1. The average molecular weight is 894 g/mol. The van der Waals surface area contributed by atoms with E-state index in [-0.39, 0.29) is 18.7 Å². The number of rotatable bonds is 34. The Labute approximate surface area is 354 Å². The summed E-state index contributed by atoms with van der Waals surface area (Å²) in [6.45, 7) is 2.03. The van der Waals surface area contributed by atoms with Crippen LogP contribution in [0.2, 0.25) is 0 Å². The van der Waals surface area contributed by atoms with Gasteiger partial charge in [-0.25, -0.2) is 13.9 Å². The molecule has 0 bridgehead atoms. The van der Waals surface area contributed by atoms with E-state index in [9.17, 15) is 43.5 Å². The molecule has 1 aromatic rings. The maximum Gasteiger partial charge on any atom is 0.481 e. The Morgan fingerprint density at radius 1 is 0.783 bits per heavy atom. The van der Waals surface area contributed by atoms with Crippen molar-refractivity contribution in [1.29, 1.82) is 0 Å². The number of anilines is 1. The van der Waals surface area contributed by atoms with Crippen LogP contribution in [-0.4, -0.2) is 85.7 Å². The van der Waals surface area contributed by atoms with Crippen molar-refractivity contribution in [2.24, 2.45) is 0 Å². The molecule has 18 nitrogen and oxygen atoms in total. The zero-order chi connectivity index (χ0) is 44.2. The molecule has 7 atom stereocenters. The zero-order valence-corrected chi connectivity index (χ0v) is 37.0. The highest BCUT2D eigenvalue weighted by Crippen LogP contribution is 2.60. The van der Waals surface area contributed by atoms with E-state index >= 15 is 0 Å². The van der Waals surface area contributed by atoms with E-state index in [0.29, 0.717) is 12.8 Å². The highest BCUT2D eigenvalue weighted by atomic mass is 31.3. The molecule has 1 aromatic heterocycles. The van der Waals surface area contributed by atoms with Crippen LogP contribution >= 0.6 is 15.6 Å². The number of aliphatic hydroxyl groups excluding tert-OH is 2. The van der Waals surface area contributed by atoms with E-state index in [4.69, 9.17) is 29.0 Å². The zero-order valence-electron chi connectivity index (χ0n) is 35.3. The first-order chi connectivity index (χ1) is 28.7. The summed E-state index contributed by atoms with van der Waals surface area (Å²) in [5.41, 5.74) is 4.57. The van der Waals surface area contributed by atoms with Gasteiger partial charge in [0.1, 0.15) is 30.7 Å². The van der Waals surface area contributed by atoms with E-state index in [1.54, 1.807) is 0 Å². The normalized spacial score (nSPS) is 20.6. The second kappa shape index (κ2) is 30.3. The summed E-state index contributed by atoms with van der Waals surface area (Å²) >= 11 is 0. The molecule has 0 aromatic carbocycles. The van der Waals surface area contributed by atoms with Gasteiger partial charge in [0.15, 0.2) is 12.3 Å². The molecule has 0 spiro atoms. The van der Waals surface area contributed by atoms with Crippen LogP contribution in [0.3, 0.4) is 0 Å². The maximum absolute atomic E-state index is 12.7. The van der Waals surface area contributed by atoms with Gasteiger partial charge in [0.05, 0.1) is 13.2 Å². The molecule has 2 heterocycles. The lowest BCUT2D eigenvalue weighted by molar-refractivity contribution is -0.161. The minimum atomic E-state index is -5.42. The van der Waals surface area contributed by atoms with Crippen LogP contribution in [-0.2, 0) is 46.3 Å². The summed E-state index contributed by atoms with van der Waals surface area (Å²) in [6.07, 6.45) is 20.2. The summed E-state index contributed by atoms with van der Waals surface area (Å²) in [7, 11) is -10.8. The minimum Gasteiger partial charge on any atom is -0.462 e. The van der Waals surface area contributed by atoms with Crippen molar-refractivity contribution in [3.8, 4) is 0 Å². The van der Waals surface area contributed by atoms with Crippen molar-refractivity contribution < 1.29 is 66.3 Å². The highest BCUT2D eigenvalue weighted by Gasteiger charge is 2.46. The molecule has 6 N–H and O–H groups in total. The molecule has 344 valence electrons. The predicted octanol–water partition coefficient (Wildman–Crippen LogP) is 7.10. The van der Waals surface area contributed by atoms with Gasteiger partial charge in [-0.1, -0.05) is 89.5 Å². The van der Waals surface area contributed by atoms with Crippen molar-refractivity contribution in [2.75, 3.05) is 25.6 Å². The van der Waals surface area contributed by atoms with Crippen LogP contribution in [0, 0.1) is 0 Å². The van der Waals surface area contributed by atoms with Crippen LogP contribution in [0.25, 0.3) is 0 Å². The molecule has 1 aliphatic heterocycles. The number of ether oxygens (including phenoxy) is 3. The molecule has 2 rings (SSSR count). The van der Waals surface area contributed by atoms with Crippen LogP contribution in [0.15, 0.2) is 41.4 Å². The topological polar surface area (TPSA) is 265 Å². The molecular formula is C40H69N3O15P2. The van der Waals surface area contributed by atoms with Gasteiger partial charge in [0.2, 0.25) is 0 Å². The molecule has 0 radical (unpaired) electrons. The number of unbranched alkanes of at least 4 members (excludes halogenated alkanes) is 14. The predicted molar refractivity (Wildman–Crippen MR) is 224 cm³/mol. The van der Waals surface area contributed by atoms with Gasteiger partial charge in [0.25, 0.3) is 0 Å². The van der Waals surface area contributed by atoms with Gasteiger partial charge in [-0.2, -0.15) is 9.29 Å². The van der Waals surface area contributed by atoms with E-state index in [1.807, 2.05) is 0 Å². The van der Waals surface area contributed by atoms with Gasteiger partial charge in [-0.05, 0) is 70.3 Å². The fraction of sp³-hybridized carbons (Fsp3) is 0.750. The SMILES string of the molecule is CCCCCCC=CCCCCCC(=O)OCC(COP(=O)(O)OP(=O)(O)OCC1OC(n2ccc(N)nc2=O)C(O)C1O)OC(=O)CCCCCC=CCCCCCC. The first-order valence-corrected chi connectivity index (χ1v) is 24.3. The first-order valence-electron chi connectivity index (χ1n) is 21.3. The molecular weight excluding hydrogens is 824 g/mol. The highest BCUT2D eigenvalue weighted by molar-refractivity contribution is 7.61. The Kier molecular flexibility index (Phi) is 27.0. The number of phosphoric acid groups is 2. The molecule has 1 aliphatic rings. The van der Waals surface area contributed by atoms with Crippen LogP contribution < -0.4 is 11.4 Å². The maximum atomic E-state index is 12.7. The molecule has 7 unspecified atom stereocenters. The number of aromatic nitrogens is 2. The fourth-order valence-corrected chi connectivity index (χ4v) is 8.23. The first kappa shape index (κ1) is 53.4. The lowest BCUT2D eigenvalue weighted by atomic mass is 10.1. The molecule has 1 fully saturated rings. The van der Waals surface area contributed by atoms with Crippen molar-refractivity contribution in [2.45, 2.75) is 173 Å². The van der Waals surface area contributed by atoms with Crippen molar-refractivity contribution in [1.82, 2.24) is 9.55 Å². The van der Waals surface area contributed by atoms with E-state index < -0.39 is 83.7 Å². The monoisotopic (exact) mass is 893 g/mol. The van der Waals surface area contributed by atoms with Crippen LogP contribution in [0.5, 0.6) is 0 Å². The third-order valence-electron chi connectivity index (χ3n) is 9.51. The standard InChI is InChI=1S/C40H69N3O15P2/c1-3-5-7-9-11-13-15-17-19-21-23-25-35(44)53-29-32(56-36(45)26-24-22-20-18-16-14-12-10-8-6-4-2)30-54-59(49,50)58-60(51,52)55-31-33-37(46)38(47)39(57-33)43-28-27-34(41)42-40(43)48/h13-16,27-28,32-33,37-39,46-47H,3-12,17-26,29-31H2,1-2H3,(H,49,50)(H,51,52)(H2,41,42,48). The number of nitrogens with two attached hydrogens (primary N) is 1. The third kappa shape index (κ3) is 23.5. The molecule has 0 aliphatic carbocycles. The van der Waals surface area contributed by atoms with E-state index in [0.717, 1.165) is 62.1 Å². The smallest absolute Gasteiger partial charge is 0.462 e. The lowest BCUT2D eigenvalue weighted by Crippen LogP contribution is -2.36. The fourth-order valence-electron chi connectivity index (χ4n) is 6.12. The summed E-state index contributed by atoms with van der Waals surface area (Å²) in [5.74, 6) is -1.34. The van der Waals surface area contributed by atoms with Crippen LogP contribution in [0.4, 0.5) is 5.82 Å². The van der Waals surface area contributed by atoms with Crippen molar-refractivity contribution in [3.05, 3.63) is 47.1 Å². The number of hydrogen-bond donors (Lipinski definition) is 5. The number of aliphatic hydroxyl groups is 2. The molecule has 1 saturated heterocycles. The minimum absolute atomic E-state index is 0.0272. The second-order valence-electron chi connectivity index (χ2n) is 14.8. The quantitative estimate of drug-likeness (QED) is 0.0200. The van der Waals surface area contributed by atoms with E-state index in [2.05, 4.69) is 47.4 Å². The summed E-state index contributed by atoms with van der Waals surface area (Å²) in [4.78, 5) is 61.4. The number of allylic oxidation sites excluding steroid dienone is 4. The van der Waals surface area contributed by atoms with E-state index in [1.165, 1.54) is 57.4 Å². The number of nitrogen functional groups attached to an aromatic ring is 1. The van der Waals surface area contributed by atoms with Crippen molar-refractivity contribution >= 4 is 33.4 Å². The summed E-state index contributed by atoms with van der Waals surface area (Å²) in [6, 6.07) is 1.24. The Balaban J connectivity index is 1.87.